The average molecular weight is 348 g/mol. The van der Waals surface area contributed by atoms with Crippen LogP contribution in [0.25, 0.3) is 0 Å². The van der Waals surface area contributed by atoms with Gasteiger partial charge in [0.25, 0.3) is 0 Å². The highest BCUT2D eigenvalue weighted by Crippen LogP contribution is 2.22. The molecular weight excluding hydrogens is 316 g/mol. The highest BCUT2D eigenvalue weighted by atomic mass is 16.5. The monoisotopic (exact) mass is 348 g/mol. The van der Waals surface area contributed by atoms with E-state index in [-0.39, 0.29) is 13.2 Å². The maximum atomic E-state index is 9.33. The van der Waals surface area contributed by atoms with Crippen molar-refractivity contribution in [2.24, 2.45) is 5.73 Å². The van der Waals surface area contributed by atoms with Crippen LogP contribution < -0.4 is 10.5 Å². The highest BCUT2D eigenvalue weighted by molar-refractivity contribution is 5.45. The van der Waals surface area contributed by atoms with E-state index in [9.17, 15) is 15.5 Å². The number of benzene rings is 1. The lowest BCUT2D eigenvalue weighted by Crippen LogP contribution is -2.47. The molecule has 0 aromatic heterocycles. The quantitative estimate of drug-likeness (QED) is 0.476. The molecule has 0 heterocycles. The molecule has 0 atom stereocenters. The van der Waals surface area contributed by atoms with Crippen molar-refractivity contribution < 1.29 is 14.9 Å². The van der Waals surface area contributed by atoms with Crippen molar-refractivity contribution in [1.82, 2.24) is 0 Å². The van der Waals surface area contributed by atoms with Crippen molar-refractivity contribution in [3.8, 4) is 11.8 Å². The molecule has 4 N–H and O–H groups in total. The van der Waals surface area contributed by atoms with E-state index in [0.717, 1.165) is 18.4 Å². The number of hydrogen-bond acceptors (Lipinski definition) is 5. The van der Waals surface area contributed by atoms with Crippen molar-refractivity contribution >= 4 is 0 Å². The van der Waals surface area contributed by atoms with Gasteiger partial charge in [0, 0.05) is 0 Å². The third-order valence-corrected chi connectivity index (χ3v) is 4.46. The fourth-order valence-corrected chi connectivity index (χ4v) is 2.61. The molecule has 1 rings (SSSR count). The predicted molar refractivity (Wildman–Crippen MR) is 99.4 cm³/mol. The molecule has 5 nitrogen and oxygen atoms in total. The second kappa shape index (κ2) is 11.9. The van der Waals surface area contributed by atoms with Gasteiger partial charge in [0.05, 0.1) is 30.9 Å². The number of aryl methyl sites for hydroxylation is 1. The highest BCUT2D eigenvalue weighted by Gasteiger charge is 2.22. The van der Waals surface area contributed by atoms with Crippen LogP contribution in [-0.4, -0.2) is 35.6 Å². The molecule has 0 aliphatic carbocycles. The van der Waals surface area contributed by atoms with Crippen LogP contribution in [0.4, 0.5) is 0 Å². The van der Waals surface area contributed by atoms with Crippen molar-refractivity contribution in [3.05, 3.63) is 29.3 Å². The van der Waals surface area contributed by atoms with Crippen molar-refractivity contribution in [1.29, 1.82) is 5.26 Å². The van der Waals surface area contributed by atoms with Crippen molar-refractivity contribution in [2.45, 2.75) is 63.8 Å². The van der Waals surface area contributed by atoms with E-state index in [1.54, 1.807) is 6.07 Å². The number of nitrogens with zero attached hydrogens (tertiary/aromatic N) is 1. The molecule has 5 heteroatoms. The van der Waals surface area contributed by atoms with Gasteiger partial charge in [-0.2, -0.15) is 5.26 Å². The van der Waals surface area contributed by atoms with Gasteiger partial charge in [-0.25, -0.2) is 0 Å². The molecule has 1 aromatic carbocycles. The summed E-state index contributed by atoms with van der Waals surface area (Å²) >= 11 is 0. The van der Waals surface area contributed by atoms with Crippen LogP contribution in [0.1, 0.15) is 63.0 Å². The standard InChI is InChI=1S/C20H32N2O3/c1-2-3-4-5-6-7-12-25-19-9-8-17(13-18(19)14-21)10-11-20(22,15-23)16-24/h8-9,13,23-24H,2-7,10-12,15-16,22H2,1H3. The van der Waals surface area contributed by atoms with Crippen molar-refractivity contribution in [2.75, 3.05) is 19.8 Å². The Kier molecular flexibility index (Phi) is 10.2. The van der Waals surface area contributed by atoms with Crippen LogP contribution >= 0.6 is 0 Å². The number of nitriles is 1. The van der Waals surface area contributed by atoms with Crippen LogP contribution in [0.3, 0.4) is 0 Å². The lowest BCUT2D eigenvalue weighted by atomic mass is 9.93. The van der Waals surface area contributed by atoms with Gasteiger partial charge in [0.2, 0.25) is 0 Å². The Morgan fingerprint density at radius 1 is 1.12 bits per heavy atom. The first-order chi connectivity index (χ1) is 12.1. The number of unbranched alkanes of at least 4 members (excludes halogenated alkanes) is 5. The smallest absolute Gasteiger partial charge is 0.137 e. The molecule has 0 amide bonds. The van der Waals surface area contributed by atoms with Crippen LogP contribution in [0.2, 0.25) is 0 Å². The Balaban J connectivity index is 2.48. The zero-order valence-electron chi connectivity index (χ0n) is 15.3. The van der Waals surface area contributed by atoms with Gasteiger partial charge < -0.3 is 20.7 Å². The summed E-state index contributed by atoms with van der Waals surface area (Å²) in [6, 6.07) is 7.70. The summed E-state index contributed by atoms with van der Waals surface area (Å²) < 4.78 is 5.75. The Morgan fingerprint density at radius 3 is 2.44 bits per heavy atom. The topological polar surface area (TPSA) is 99.5 Å². The Labute approximate surface area is 151 Å². The number of aliphatic hydroxyl groups is 2. The minimum Gasteiger partial charge on any atom is -0.492 e. The van der Waals surface area contributed by atoms with Crippen LogP contribution in [0.15, 0.2) is 18.2 Å². The number of aliphatic hydroxyl groups excluding tert-OH is 2. The van der Waals surface area contributed by atoms with Gasteiger partial charge in [-0.15, -0.1) is 0 Å². The first-order valence-electron chi connectivity index (χ1n) is 9.25. The molecule has 0 aliphatic rings. The Morgan fingerprint density at radius 2 is 1.80 bits per heavy atom. The largest absolute Gasteiger partial charge is 0.492 e. The van der Waals surface area contributed by atoms with Crippen molar-refractivity contribution in [3.63, 3.8) is 0 Å². The van der Waals surface area contributed by atoms with Crippen LogP contribution in [0.5, 0.6) is 5.75 Å². The summed E-state index contributed by atoms with van der Waals surface area (Å²) in [5, 5.41) is 27.8. The minimum absolute atomic E-state index is 0.270. The Hall–Kier alpha value is -1.61. The molecule has 0 fully saturated rings. The fourth-order valence-electron chi connectivity index (χ4n) is 2.61. The molecule has 0 aliphatic heterocycles. The van der Waals surface area contributed by atoms with Crippen LogP contribution in [0, 0.1) is 11.3 Å². The molecular formula is C20H32N2O3. The van der Waals surface area contributed by atoms with E-state index in [1.165, 1.54) is 25.7 Å². The second-order valence-electron chi connectivity index (χ2n) is 6.74. The third kappa shape index (κ3) is 7.87. The van der Waals surface area contributed by atoms with Gasteiger partial charge in [-0.05, 0) is 37.0 Å². The minimum atomic E-state index is -0.986. The van der Waals surface area contributed by atoms with E-state index in [0.29, 0.717) is 30.8 Å². The molecule has 1 aromatic rings. The lowest BCUT2D eigenvalue weighted by molar-refractivity contribution is 0.115. The van der Waals surface area contributed by atoms with Crippen LogP contribution in [-0.2, 0) is 6.42 Å². The SMILES string of the molecule is CCCCCCCCOc1ccc(CCC(N)(CO)CO)cc1C#N. The number of nitrogens with two attached hydrogens (primary N) is 1. The third-order valence-electron chi connectivity index (χ3n) is 4.46. The second-order valence-corrected chi connectivity index (χ2v) is 6.74. The fraction of sp³-hybridized carbons (Fsp3) is 0.650. The van der Waals surface area contributed by atoms with Gasteiger partial charge >= 0.3 is 0 Å². The average Bonchev–Trinajstić information content (AvgIpc) is 2.65. The number of rotatable bonds is 13. The summed E-state index contributed by atoms with van der Waals surface area (Å²) in [6.07, 6.45) is 8.23. The molecule has 0 bridgehead atoms. The van der Waals surface area contributed by atoms with E-state index in [4.69, 9.17) is 10.5 Å². The molecule has 140 valence electrons. The van der Waals surface area contributed by atoms with Gasteiger partial charge in [-0.1, -0.05) is 45.1 Å². The molecule has 0 saturated carbocycles. The van der Waals surface area contributed by atoms with Gasteiger partial charge in [-0.3, -0.25) is 0 Å². The maximum Gasteiger partial charge on any atom is 0.137 e. The number of hydrogen-bond donors (Lipinski definition) is 3. The normalized spacial score (nSPS) is 11.3. The van der Waals surface area contributed by atoms with E-state index >= 15 is 0 Å². The maximum absolute atomic E-state index is 9.33. The predicted octanol–water partition coefficient (Wildman–Crippen LogP) is 2.91. The first-order valence-corrected chi connectivity index (χ1v) is 9.25. The van der Waals surface area contributed by atoms with Gasteiger partial charge in [0.1, 0.15) is 11.8 Å². The van der Waals surface area contributed by atoms with E-state index in [1.807, 2.05) is 12.1 Å². The zero-order chi connectivity index (χ0) is 18.5. The first kappa shape index (κ1) is 21.4. The molecule has 0 radical (unpaired) electrons. The summed E-state index contributed by atoms with van der Waals surface area (Å²) in [5.41, 5.74) is 6.35. The number of ether oxygens (including phenoxy) is 1. The molecule has 0 spiro atoms. The summed E-state index contributed by atoms with van der Waals surface area (Å²) in [5.74, 6) is 0.614. The Bertz CT molecular complexity index is 536. The molecule has 0 saturated heterocycles. The molecule has 25 heavy (non-hydrogen) atoms. The summed E-state index contributed by atoms with van der Waals surface area (Å²) in [4.78, 5) is 0. The summed E-state index contributed by atoms with van der Waals surface area (Å²) in [7, 11) is 0. The van der Waals surface area contributed by atoms with Gasteiger partial charge in [0.15, 0.2) is 0 Å². The zero-order valence-corrected chi connectivity index (χ0v) is 15.3. The lowest BCUT2D eigenvalue weighted by Gasteiger charge is -2.24. The molecule has 0 unspecified atom stereocenters. The summed E-state index contributed by atoms with van der Waals surface area (Å²) in [6.45, 7) is 2.29. The van der Waals surface area contributed by atoms with E-state index in [2.05, 4.69) is 13.0 Å². The van der Waals surface area contributed by atoms with E-state index < -0.39 is 5.54 Å².